The Morgan fingerprint density at radius 3 is 2.47 bits per heavy atom. The number of hydrogen-bond acceptors (Lipinski definition) is 2. The monoisotopic (exact) mass is 215 g/mol. The summed E-state index contributed by atoms with van der Waals surface area (Å²) in [4.78, 5) is 0. The summed E-state index contributed by atoms with van der Waals surface area (Å²) >= 11 is 0. The molecule has 0 fully saturated rings. The molecule has 1 aromatic rings. The van der Waals surface area contributed by atoms with Gasteiger partial charge in [-0.1, -0.05) is 6.07 Å². The standard InChI is InChI=1S/C11H15F2NO/c1-7(8(2)15)14-6-9-3-4-10(12)11(13)5-9/h3-5,7-8,14-15H,6H2,1-2H3. The third kappa shape index (κ3) is 3.57. The molecule has 4 heteroatoms. The van der Waals surface area contributed by atoms with Crippen LogP contribution in [0.15, 0.2) is 18.2 Å². The summed E-state index contributed by atoms with van der Waals surface area (Å²) in [6.07, 6.45) is -0.477. The van der Waals surface area contributed by atoms with E-state index in [9.17, 15) is 13.9 Å². The minimum absolute atomic E-state index is 0.0851. The van der Waals surface area contributed by atoms with Gasteiger partial charge in [-0.2, -0.15) is 0 Å². The second-order valence-electron chi connectivity index (χ2n) is 3.66. The molecule has 2 unspecified atom stereocenters. The van der Waals surface area contributed by atoms with Gasteiger partial charge in [0, 0.05) is 12.6 Å². The van der Waals surface area contributed by atoms with Crippen LogP contribution in [0.4, 0.5) is 8.78 Å². The number of aliphatic hydroxyl groups excluding tert-OH is 1. The quantitative estimate of drug-likeness (QED) is 0.803. The summed E-state index contributed by atoms with van der Waals surface area (Å²) in [5.74, 6) is -1.69. The first kappa shape index (κ1) is 12.1. The second-order valence-corrected chi connectivity index (χ2v) is 3.66. The van der Waals surface area contributed by atoms with E-state index in [1.165, 1.54) is 6.07 Å². The number of nitrogens with one attached hydrogen (secondary N) is 1. The van der Waals surface area contributed by atoms with Gasteiger partial charge in [0.15, 0.2) is 11.6 Å². The van der Waals surface area contributed by atoms with Crippen LogP contribution < -0.4 is 5.32 Å². The van der Waals surface area contributed by atoms with Crippen molar-refractivity contribution in [3.8, 4) is 0 Å². The molecule has 2 atom stereocenters. The van der Waals surface area contributed by atoms with Crippen LogP contribution in [0.25, 0.3) is 0 Å². The second kappa shape index (κ2) is 5.19. The van der Waals surface area contributed by atoms with Crippen molar-refractivity contribution in [1.29, 1.82) is 0 Å². The molecule has 0 radical (unpaired) electrons. The molecule has 2 nitrogen and oxygen atoms in total. The molecule has 0 spiro atoms. The molecule has 0 heterocycles. The van der Waals surface area contributed by atoms with E-state index in [1.54, 1.807) is 6.92 Å². The van der Waals surface area contributed by atoms with E-state index in [1.807, 2.05) is 6.92 Å². The number of hydrogen-bond donors (Lipinski definition) is 2. The maximum atomic E-state index is 12.8. The van der Waals surface area contributed by atoms with Crippen LogP contribution in [0.5, 0.6) is 0 Å². The van der Waals surface area contributed by atoms with Crippen LogP contribution in [0, 0.1) is 11.6 Å². The van der Waals surface area contributed by atoms with Crippen molar-refractivity contribution >= 4 is 0 Å². The average molecular weight is 215 g/mol. The Hall–Kier alpha value is -1.00. The van der Waals surface area contributed by atoms with Gasteiger partial charge < -0.3 is 10.4 Å². The Balaban J connectivity index is 2.55. The normalized spacial score (nSPS) is 15.0. The van der Waals surface area contributed by atoms with Crippen molar-refractivity contribution < 1.29 is 13.9 Å². The summed E-state index contributed by atoms with van der Waals surface area (Å²) in [6.45, 7) is 3.90. The number of aliphatic hydroxyl groups is 1. The first-order chi connectivity index (χ1) is 7.00. The molecule has 84 valence electrons. The number of benzene rings is 1. The van der Waals surface area contributed by atoms with Gasteiger partial charge in [-0.3, -0.25) is 0 Å². The zero-order valence-electron chi connectivity index (χ0n) is 8.80. The lowest BCUT2D eigenvalue weighted by molar-refractivity contribution is 0.152. The summed E-state index contributed by atoms with van der Waals surface area (Å²) < 4.78 is 25.4. The molecule has 1 rings (SSSR count). The molecule has 0 saturated carbocycles. The molecule has 0 amide bonds. The number of halogens is 2. The minimum Gasteiger partial charge on any atom is -0.392 e. The predicted octanol–water partition coefficient (Wildman–Crippen LogP) is 1.82. The van der Waals surface area contributed by atoms with E-state index in [4.69, 9.17) is 0 Å². The van der Waals surface area contributed by atoms with Gasteiger partial charge in [0.25, 0.3) is 0 Å². The van der Waals surface area contributed by atoms with E-state index in [0.717, 1.165) is 12.1 Å². The first-order valence-corrected chi connectivity index (χ1v) is 4.86. The van der Waals surface area contributed by atoms with Gasteiger partial charge in [0.2, 0.25) is 0 Å². The zero-order chi connectivity index (χ0) is 11.4. The molecule has 0 aromatic heterocycles. The van der Waals surface area contributed by atoms with Crippen LogP contribution in [-0.2, 0) is 6.54 Å². The van der Waals surface area contributed by atoms with E-state index >= 15 is 0 Å². The van der Waals surface area contributed by atoms with E-state index in [-0.39, 0.29) is 6.04 Å². The maximum absolute atomic E-state index is 12.8. The molecular formula is C11H15F2NO. The van der Waals surface area contributed by atoms with Gasteiger partial charge in [0.1, 0.15) is 0 Å². The topological polar surface area (TPSA) is 32.3 Å². The highest BCUT2D eigenvalue weighted by molar-refractivity contribution is 5.17. The van der Waals surface area contributed by atoms with Crippen molar-refractivity contribution in [3.63, 3.8) is 0 Å². The third-order valence-corrected chi connectivity index (χ3v) is 2.34. The predicted molar refractivity (Wildman–Crippen MR) is 54.3 cm³/mol. The molecule has 0 aliphatic heterocycles. The Labute approximate surface area is 87.9 Å². The van der Waals surface area contributed by atoms with Gasteiger partial charge in [-0.15, -0.1) is 0 Å². The van der Waals surface area contributed by atoms with Crippen molar-refractivity contribution in [2.75, 3.05) is 0 Å². The third-order valence-electron chi connectivity index (χ3n) is 2.34. The lowest BCUT2D eigenvalue weighted by Gasteiger charge is -2.16. The van der Waals surface area contributed by atoms with E-state index in [0.29, 0.717) is 12.1 Å². The highest BCUT2D eigenvalue weighted by Gasteiger charge is 2.08. The average Bonchev–Trinajstić information content (AvgIpc) is 2.19. The van der Waals surface area contributed by atoms with Crippen LogP contribution in [0.1, 0.15) is 19.4 Å². The summed E-state index contributed by atoms with van der Waals surface area (Å²) in [6, 6.07) is 3.68. The summed E-state index contributed by atoms with van der Waals surface area (Å²) in [5, 5.41) is 12.2. The lowest BCUT2D eigenvalue weighted by Crippen LogP contribution is -2.34. The van der Waals surface area contributed by atoms with Crippen LogP contribution >= 0.6 is 0 Å². The fourth-order valence-corrected chi connectivity index (χ4v) is 1.10. The largest absolute Gasteiger partial charge is 0.392 e. The highest BCUT2D eigenvalue weighted by atomic mass is 19.2. The zero-order valence-corrected chi connectivity index (χ0v) is 8.80. The van der Waals surface area contributed by atoms with Gasteiger partial charge >= 0.3 is 0 Å². The van der Waals surface area contributed by atoms with Gasteiger partial charge in [0.05, 0.1) is 6.10 Å². The molecule has 15 heavy (non-hydrogen) atoms. The maximum Gasteiger partial charge on any atom is 0.159 e. The molecule has 0 aliphatic carbocycles. The fourth-order valence-electron chi connectivity index (χ4n) is 1.10. The lowest BCUT2D eigenvalue weighted by atomic mass is 10.1. The first-order valence-electron chi connectivity index (χ1n) is 4.86. The van der Waals surface area contributed by atoms with Crippen molar-refractivity contribution in [2.24, 2.45) is 0 Å². The molecular weight excluding hydrogens is 200 g/mol. The summed E-state index contributed by atoms with van der Waals surface area (Å²) in [5.41, 5.74) is 0.654. The minimum atomic E-state index is -0.848. The molecule has 2 N–H and O–H groups in total. The van der Waals surface area contributed by atoms with Crippen molar-refractivity contribution in [1.82, 2.24) is 5.32 Å². The van der Waals surface area contributed by atoms with Crippen molar-refractivity contribution in [2.45, 2.75) is 32.5 Å². The Morgan fingerprint density at radius 2 is 1.93 bits per heavy atom. The van der Waals surface area contributed by atoms with E-state index in [2.05, 4.69) is 5.32 Å². The Bertz CT molecular complexity index is 328. The van der Waals surface area contributed by atoms with Gasteiger partial charge in [-0.05, 0) is 31.5 Å². The van der Waals surface area contributed by atoms with Crippen molar-refractivity contribution in [3.05, 3.63) is 35.4 Å². The SMILES string of the molecule is CC(O)C(C)NCc1ccc(F)c(F)c1. The highest BCUT2D eigenvalue weighted by Crippen LogP contribution is 2.08. The van der Waals surface area contributed by atoms with Crippen LogP contribution in [0.2, 0.25) is 0 Å². The van der Waals surface area contributed by atoms with Gasteiger partial charge in [-0.25, -0.2) is 8.78 Å². The number of rotatable bonds is 4. The van der Waals surface area contributed by atoms with E-state index < -0.39 is 17.7 Å². The Kier molecular flexibility index (Phi) is 4.17. The molecule has 0 aliphatic rings. The molecule has 1 aromatic carbocycles. The molecule has 0 saturated heterocycles. The molecule has 0 bridgehead atoms. The van der Waals surface area contributed by atoms with Crippen LogP contribution in [-0.4, -0.2) is 17.3 Å². The fraction of sp³-hybridized carbons (Fsp3) is 0.455. The smallest absolute Gasteiger partial charge is 0.159 e. The summed E-state index contributed by atoms with van der Waals surface area (Å²) in [7, 11) is 0. The Morgan fingerprint density at radius 1 is 1.27 bits per heavy atom. The van der Waals surface area contributed by atoms with Crippen LogP contribution in [0.3, 0.4) is 0 Å².